The van der Waals surface area contributed by atoms with Crippen LogP contribution in [0.4, 0.5) is 28.9 Å². The quantitative estimate of drug-likeness (QED) is 0.149. The maximum Gasteiger partial charge on any atom is 0.416 e. The van der Waals surface area contributed by atoms with Crippen LogP contribution < -0.4 is 15.1 Å². The number of aryl methyl sites for hydroxylation is 1. The van der Waals surface area contributed by atoms with Gasteiger partial charge in [-0.15, -0.1) is 0 Å². The molecular weight excluding hydrogens is 808 g/mol. The normalized spacial score (nSPS) is 20.9. The van der Waals surface area contributed by atoms with Gasteiger partial charge in [0, 0.05) is 76.9 Å². The summed E-state index contributed by atoms with van der Waals surface area (Å²) in [6, 6.07) is 11.0. The number of anilines is 2. The van der Waals surface area contributed by atoms with E-state index in [1.807, 2.05) is 17.0 Å². The van der Waals surface area contributed by atoms with E-state index in [1.54, 1.807) is 13.8 Å². The number of benzene rings is 2. The molecule has 15 heteroatoms. The number of hydrogen-bond donors (Lipinski definition) is 1. The topological polar surface area (TPSA) is 110 Å². The van der Waals surface area contributed by atoms with Gasteiger partial charge in [0.2, 0.25) is 5.91 Å². The Bertz CT molecular complexity index is 1820. The molecule has 1 N–H and O–H groups in total. The Morgan fingerprint density at radius 3 is 1.93 bits per heavy atom. The molecule has 0 atom stereocenters. The Morgan fingerprint density at radius 1 is 0.787 bits per heavy atom. The van der Waals surface area contributed by atoms with Crippen LogP contribution >= 0.6 is 11.6 Å². The second-order valence-corrected chi connectivity index (χ2v) is 17.8. The SMILES string of the molecule is CC(=O)CN1CCC(CCN2CCN(c3cc(C)c(F)cc3Cl)CC2)CC1.N#CCCCC(=O)NC1CCC(CCN2CCN(c3cc(C#N)cc(C(F)(F)F)c3)CC2)CC1. The number of alkyl halides is 3. The predicted molar refractivity (Wildman–Crippen MR) is 232 cm³/mol. The maximum atomic E-state index is 13.6. The fourth-order valence-electron chi connectivity index (χ4n) is 9.05. The van der Waals surface area contributed by atoms with Gasteiger partial charge in [-0.25, -0.2) is 4.39 Å². The van der Waals surface area contributed by atoms with Gasteiger partial charge >= 0.3 is 6.18 Å². The largest absolute Gasteiger partial charge is 0.416 e. The third-order valence-electron chi connectivity index (χ3n) is 12.8. The van der Waals surface area contributed by atoms with E-state index in [9.17, 15) is 27.2 Å². The van der Waals surface area contributed by atoms with Gasteiger partial charge in [0.1, 0.15) is 11.6 Å². The van der Waals surface area contributed by atoms with Crippen molar-refractivity contribution < 1.29 is 27.2 Å². The van der Waals surface area contributed by atoms with E-state index in [4.69, 9.17) is 22.1 Å². The highest BCUT2D eigenvalue weighted by molar-refractivity contribution is 6.33. The first-order valence-corrected chi connectivity index (χ1v) is 22.5. The molecule has 1 saturated carbocycles. The smallest absolute Gasteiger partial charge is 0.369 e. The number of nitriles is 2. The molecule has 4 fully saturated rings. The summed E-state index contributed by atoms with van der Waals surface area (Å²) < 4.78 is 53.1. The lowest BCUT2D eigenvalue weighted by molar-refractivity contribution is -0.137. The first kappa shape index (κ1) is 48.1. The van der Waals surface area contributed by atoms with Crippen molar-refractivity contribution in [2.45, 2.75) is 96.7 Å². The van der Waals surface area contributed by atoms with Crippen molar-refractivity contribution in [2.24, 2.45) is 11.8 Å². The molecular formula is C46H63ClF4N8O2. The Kier molecular flexibility index (Phi) is 18.5. The number of nitrogens with one attached hydrogen (secondary N) is 1. The van der Waals surface area contributed by atoms with Crippen molar-refractivity contribution in [1.29, 1.82) is 10.5 Å². The van der Waals surface area contributed by atoms with Crippen molar-refractivity contribution in [3.8, 4) is 12.1 Å². The second kappa shape index (κ2) is 23.5. The number of rotatable bonds is 14. The van der Waals surface area contributed by atoms with E-state index in [0.717, 1.165) is 121 Å². The van der Waals surface area contributed by atoms with Crippen LogP contribution in [0.15, 0.2) is 30.3 Å². The number of piperazine rings is 2. The van der Waals surface area contributed by atoms with Gasteiger partial charge in [-0.3, -0.25) is 24.3 Å². The zero-order chi connectivity index (χ0) is 43.9. The van der Waals surface area contributed by atoms with E-state index in [0.29, 0.717) is 61.1 Å². The Morgan fingerprint density at radius 2 is 1.38 bits per heavy atom. The molecule has 0 bridgehead atoms. The van der Waals surface area contributed by atoms with Crippen LogP contribution in [0.5, 0.6) is 0 Å². The molecule has 3 heterocycles. The van der Waals surface area contributed by atoms with Crippen LogP contribution in [0.1, 0.15) is 94.2 Å². The predicted octanol–water partition coefficient (Wildman–Crippen LogP) is 8.06. The van der Waals surface area contributed by atoms with Gasteiger partial charge in [0.25, 0.3) is 0 Å². The lowest BCUT2D eigenvalue weighted by Gasteiger charge is -2.38. The molecule has 3 saturated heterocycles. The summed E-state index contributed by atoms with van der Waals surface area (Å²) >= 11 is 6.26. The average molecular weight is 872 g/mol. The minimum Gasteiger partial charge on any atom is -0.369 e. The number of unbranched alkanes of at least 4 members (excludes halogenated alkanes) is 1. The fraction of sp³-hybridized carbons (Fsp3) is 0.652. The first-order valence-electron chi connectivity index (χ1n) is 22.1. The van der Waals surface area contributed by atoms with Gasteiger partial charge in [-0.2, -0.15) is 23.7 Å². The summed E-state index contributed by atoms with van der Waals surface area (Å²) in [5.41, 5.74) is 1.30. The zero-order valence-electron chi connectivity index (χ0n) is 35.9. The summed E-state index contributed by atoms with van der Waals surface area (Å²) in [6.07, 6.45) is 5.85. The molecule has 0 unspecified atom stereocenters. The van der Waals surface area contributed by atoms with Crippen LogP contribution in [0.3, 0.4) is 0 Å². The number of carbonyl (C=O) groups excluding carboxylic acids is 2. The molecule has 61 heavy (non-hydrogen) atoms. The summed E-state index contributed by atoms with van der Waals surface area (Å²) in [5.74, 6) is 1.48. The van der Waals surface area contributed by atoms with E-state index in [-0.39, 0.29) is 29.1 Å². The molecule has 0 radical (unpaired) electrons. The fourth-order valence-corrected chi connectivity index (χ4v) is 9.32. The summed E-state index contributed by atoms with van der Waals surface area (Å²) in [6.45, 7) is 15.0. The average Bonchev–Trinajstić information content (AvgIpc) is 3.24. The molecule has 334 valence electrons. The minimum atomic E-state index is -4.47. The lowest BCUT2D eigenvalue weighted by Crippen LogP contribution is -2.47. The highest BCUT2D eigenvalue weighted by atomic mass is 35.5. The standard InChI is InChI=1S/C25H32F3N5O.C21H31ClFN3O/c26-25(27,28)21-15-20(18-30)16-23(17-21)33-13-11-32(12-14-33)10-8-19-4-6-22(7-5-19)31-24(34)3-1-2-9-29;1-16-13-21(19(22)14-20(16)23)26-11-9-24(10-12-26)6-3-18-4-7-25(8-5-18)15-17(2)27/h15-17,19,22H,1-8,10-14H2,(H,31,34);13-14,18H,3-12,15H2,1-2H3. The van der Waals surface area contributed by atoms with E-state index < -0.39 is 11.7 Å². The number of amides is 1. The molecule has 10 nitrogen and oxygen atoms in total. The third-order valence-corrected chi connectivity index (χ3v) is 13.1. The minimum absolute atomic E-state index is 0.0289. The number of ketones is 1. The van der Waals surface area contributed by atoms with E-state index in [2.05, 4.69) is 31.0 Å². The highest BCUT2D eigenvalue weighted by Crippen LogP contribution is 2.34. The number of likely N-dealkylation sites (tertiary alicyclic amines) is 1. The summed E-state index contributed by atoms with van der Waals surface area (Å²) in [4.78, 5) is 34.5. The van der Waals surface area contributed by atoms with Crippen LogP contribution in [0, 0.1) is 47.2 Å². The molecule has 0 aromatic heterocycles. The van der Waals surface area contributed by atoms with E-state index >= 15 is 0 Å². The van der Waals surface area contributed by atoms with Crippen molar-refractivity contribution in [2.75, 3.05) is 94.9 Å². The lowest BCUT2D eigenvalue weighted by atomic mass is 9.84. The van der Waals surface area contributed by atoms with Crippen LogP contribution in [0.2, 0.25) is 5.02 Å². The van der Waals surface area contributed by atoms with Crippen molar-refractivity contribution in [3.05, 3.63) is 57.9 Å². The second-order valence-electron chi connectivity index (χ2n) is 17.4. The van der Waals surface area contributed by atoms with E-state index in [1.165, 1.54) is 31.4 Å². The first-order chi connectivity index (χ1) is 29.2. The molecule has 6 rings (SSSR count). The molecule has 1 aliphatic carbocycles. The maximum absolute atomic E-state index is 13.6. The Labute approximate surface area is 364 Å². The van der Waals surface area contributed by atoms with Crippen molar-refractivity contribution in [3.63, 3.8) is 0 Å². The van der Waals surface area contributed by atoms with Crippen LogP contribution in [0.25, 0.3) is 0 Å². The van der Waals surface area contributed by atoms with Gasteiger partial charge in [-0.1, -0.05) is 11.6 Å². The number of nitrogens with zero attached hydrogens (tertiary/aromatic N) is 7. The number of carbonyl (C=O) groups is 2. The van der Waals surface area contributed by atoms with Gasteiger partial charge < -0.3 is 15.1 Å². The molecule has 2 aromatic carbocycles. The van der Waals surface area contributed by atoms with Crippen LogP contribution in [-0.2, 0) is 15.8 Å². The number of piperidine rings is 1. The Balaban J connectivity index is 0.000000237. The van der Waals surface area contributed by atoms with Gasteiger partial charge in [-0.05, 0) is 146 Å². The number of halogens is 5. The van der Waals surface area contributed by atoms with Crippen molar-refractivity contribution >= 4 is 34.7 Å². The van der Waals surface area contributed by atoms with Gasteiger partial charge in [0.05, 0.1) is 40.5 Å². The monoisotopic (exact) mass is 870 g/mol. The molecule has 3 aliphatic heterocycles. The molecule has 1 amide bonds. The number of Topliss-reactive ketones (excluding diaryl/α,β-unsaturated/α-hetero) is 1. The van der Waals surface area contributed by atoms with Gasteiger partial charge in [0.15, 0.2) is 0 Å². The molecule has 2 aromatic rings. The summed E-state index contributed by atoms with van der Waals surface area (Å²) in [5, 5.41) is 21.3. The molecule has 0 spiro atoms. The molecule has 4 aliphatic rings. The summed E-state index contributed by atoms with van der Waals surface area (Å²) in [7, 11) is 0. The number of hydrogen-bond acceptors (Lipinski definition) is 9. The van der Waals surface area contributed by atoms with Crippen LogP contribution in [-0.4, -0.2) is 118 Å². The van der Waals surface area contributed by atoms with Crippen molar-refractivity contribution in [1.82, 2.24) is 20.0 Å². The zero-order valence-corrected chi connectivity index (χ0v) is 36.7. The Hall–Kier alpha value is -3.95. The third kappa shape index (κ3) is 15.4. The highest BCUT2D eigenvalue weighted by Gasteiger charge is 2.32.